The Kier molecular flexibility index (Phi) is 3.06. The van der Waals surface area contributed by atoms with E-state index in [4.69, 9.17) is 0 Å². The molecule has 1 saturated carbocycles. The number of carbonyl (C=O) groups excluding carboxylic acids is 1. The van der Waals surface area contributed by atoms with Crippen molar-refractivity contribution in [2.75, 3.05) is 26.2 Å². The third-order valence-corrected chi connectivity index (χ3v) is 3.19. The van der Waals surface area contributed by atoms with Crippen molar-refractivity contribution in [3.63, 3.8) is 0 Å². The molecule has 0 radical (unpaired) electrons. The standard InChI is InChI=1S/C11H20N2O/c1-2-3-11(14)13-8-6-12(7-9-13)10-4-5-10/h10H,2-9H2,1H3. The second-order valence-electron chi connectivity index (χ2n) is 4.40. The highest BCUT2D eigenvalue weighted by Gasteiger charge is 2.31. The van der Waals surface area contributed by atoms with Gasteiger partial charge in [0.2, 0.25) is 5.91 Å². The van der Waals surface area contributed by atoms with Crippen LogP contribution in [0.1, 0.15) is 32.6 Å². The lowest BCUT2D eigenvalue weighted by Crippen LogP contribution is -2.49. The van der Waals surface area contributed by atoms with Crippen LogP contribution < -0.4 is 0 Å². The summed E-state index contributed by atoms with van der Waals surface area (Å²) in [5.74, 6) is 0.350. The van der Waals surface area contributed by atoms with E-state index in [0.29, 0.717) is 5.91 Å². The van der Waals surface area contributed by atoms with Crippen molar-refractivity contribution in [1.82, 2.24) is 9.80 Å². The minimum atomic E-state index is 0.350. The van der Waals surface area contributed by atoms with Gasteiger partial charge in [-0.15, -0.1) is 0 Å². The van der Waals surface area contributed by atoms with Crippen molar-refractivity contribution in [3.8, 4) is 0 Å². The van der Waals surface area contributed by atoms with E-state index < -0.39 is 0 Å². The molecule has 14 heavy (non-hydrogen) atoms. The number of carbonyl (C=O) groups is 1. The van der Waals surface area contributed by atoms with Crippen molar-refractivity contribution in [1.29, 1.82) is 0 Å². The van der Waals surface area contributed by atoms with Crippen molar-refractivity contribution >= 4 is 5.91 Å². The van der Waals surface area contributed by atoms with Crippen molar-refractivity contribution in [2.45, 2.75) is 38.6 Å². The van der Waals surface area contributed by atoms with Crippen LogP contribution in [0.2, 0.25) is 0 Å². The number of amides is 1. The average molecular weight is 196 g/mol. The fraction of sp³-hybridized carbons (Fsp3) is 0.909. The molecule has 1 aliphatic heterocycles. The second kappa shape index (κ2) is 4.30. The molecule has 2 rings (SSSR count). The molecule has 1 amide bonds. The van der Waals surface area contributed by atoms with Gasteiger partial charge in [0.05, 0.1) is 0 Å². The molecule has 0 N–H and O–H groups in total. The van der Waals surface area contributed by atoms with Crippen LogP contribution >= 0.6 is 0 Å². The summed E-state index contributed by atoms with van der Waals surface area (Å²) in [4.78, 5) is 16.2. The molecule has 0 atom stereocenters. The van der Waals surface area contributed by atoms with Gasteiger partial charge >= 0.3 is 0 Å². The van der Waals surface area contributed by atoms with E-state index in [1.807, 2.05) is 4.90 Å². The zero-order chi connectivity index (χ0) is 9.97. The highest BCUT2D eigenvalue weighted by Crippen LogP contribution is 2.27. The van der Waals surface area contributed by atoms with Crippen LogP contribution in [0.25, 0.3) is 0 Å². The third-order valence-electron chi connectivity index (χ3n) is 3.19. The molecule has 2 fully saturated rings. The molecule has 3 heteroatoms. The van der Waals surface area contributed by atoms with E-state index >= 15 is 0 Å². The molecule has 1 heterocycles. The Hall–Kier alpha value is -0.570. The summed E-state index contributed by atoms with van der Waals surface area (Å²) in [7, 11) is 0. The Bertz CT molecular complexity index is 205. The third kappa shape index (κ3) is 2.27. The van der Waals surface area contributed by atoms with Gasteiger partial charge in [0, 0.05) is 38.6 Å². The summed E-state index contributed by atoms with van der Waals surface area (Å²) in [5.41, 5.74) is 0. The lowest BCUT2D eigenvalue weighted by Gasteiger charge is -2.34. The Morgan fingerprint density at radius 2 is 1.86 bits per heavy atom. The average Bonchev–Trinajstić information content (AvgIpc) is 3.02. The van der Waals surface area contributed by atoms with E-state index in [-0.39, 0.29) is 0 Å². The maximum Gasteiger partial charge on any atom is 0.222 e. The number of hydrogen-bond acceptors (Lipinski definition) is 2. The predicted octanol–water partition coefficient (Wildman–Crippen LogP) is 1.09. The lowest BCUT2D eigenvalue weighted by atomic mass is 10.2. The van der Waals surface area contributed by atoms with Crippen LogP contribution in [0.5, 0.6) is 0 Å². The first-order valence-electron chi connectivity index (χ1n) is 5.83. The van der Waals surface area contributed by atoms with Gasteiger partial charge < -0.3 is 4.90 Å². The van der Waals surface area contributed by atoms with E-state index in [0.717, 1.165) is 45.1 Å². The van der Waals surface area contributed by atoms with Crippen LogP contribution in [0, 0.1) is 0 Å². The number of hydrogen-bond donors (Lipinski definition) is 0. The molecule has 1 saturated heterocycles. The molecule has 0 aromatic rings. The van der Waals surface area contributed by atoms with Gasteiger partial charge in [-0.1, -0.05) is 6.92 Å². The molecule has 0 unspecified atom stereocenters. The van der Waals surface area contributed by atoms with Crippen LogP contribution in [0.4, 0.5) is 0 Å². The van der Waals surface area contributed by atoms with Crippen LogP contribution in [-0.4, -0.2) is 47.9 Å². The first kappa shape index (κ1) is 9.97. The first-order valence-corrected chi connectivity index (χ1v) is 5.83. The Morgan fingerprint density at radius 1 is 1.21 bits per heavy atom. The van der Waals surface area contributed by atoms with Gasteiger partial charge in [0.25, 0.3) is 0 Å². The molecule has 0 aromatic carbocycles. The van der Waals surface area contributed by atoms with Gasteiger partial charge in [-0.3, -0.25) is 9.69 Å². The van der Waals surface area contributed by atoms with Crippen LogP contribution in [0.3, 0.4) is 0 Å². The smallest absolute Gasteiger partial charge is 0.222 e. The van der Waals surface area contributed by atoms with Gasteiger partial charge in [-0.05, 0) is 19.3 Å². The number of nitrogens with zero attached hydrogens (tertiary/aromatic N) is 2. The Balaban J connectivity index is 1.74. The molecule has 0 spiro atoms. The Labute approximate surface area is 86.1 Å². The summed E-state index contributed by atoms with van der Waals surface area (Å²) in [6, 6.07) is 0.860. The molecule has 1 aliphatic carbocycles. The van der Waals surface area contributed by atoms with Crippen molar-refractivity contribution in [2.24, 2.45) is 0 Å². The van der Waals surface area contributed by atoms with E-state index in [2.05, 4.69) is 11.8 Å². The van der Waals surface area contributed by atoms with Crippen LogP contribution in [0.15, 0.2) is 0 Å². The summed E-state index contributed by atoms with van der Waals surface area (Å²) in [5, 5.41) is 0. The topological polar surface area (TPSA) is 23.6 Å². The summed E-state index contributed by atoms with van der Waals surface area (Å²) in [6.07, 6.45) is 4.46. The van der Waals surface area contributed by atoms with Gasteiger partial charge in [0.1, 0.15) is 0 Å². The van der Waals surface area contributed by atoms with E-state index in [1.165, 1.54) is 12.8 Å². The lowest BCUT2D eigenvalue weighted by molar-refractivity contribution is -0.133. The summed E-state index contributed by atoms with van der Waals surface area (Å²) in [6.45, 7) is 6.17. The minimum absolute atomic E-state index is 0.350. The maximum atomic E-state index is 11.6. The van der Waals surface area contributed by atoms with E-state index in [1.54, 1.807) is 0 Å². The highest BCUT2D eigenvalue weighted by atomic mass is 16.2. The fourth-order valence-corrected chi connectivity index (χ4v) is 2.15. The molecule has 2 aliphatic rings. The molecular weight excluding hydrogens is 176 g/mol. The monoisotopic (exact) mass is 196 g/mol. The summed E-state index contributed by atoms with van der Waals surface area (Å²) >= 11 is 0. The van der Waals surface area contributed by atoms with Gasteiger partial charge in [0.15, 0.2) is 0 Å². The van der Waals surface area contributed by atoms with Crippen molar-refractivity contribution in [3.05, 3.63) is 0 Å². The molecular formula is C11H20N2O. The minimum Gasteiger partial charge on any atom is -0.340 e. The van der Waals surface area contributed by atoms with Crippen LogP contribution in [-0.2, 0) is 4.79 Å². The molecule has 0 aromatic heterocycles. The summed E-state index contributed by atoms with van der Waals surface area (Å²) < 4.78 is 0. The predicted molar refractivity (Wildman–Crippen MR) is 56.1 cm³/mol. The fourth-order valence-electron chi connectivity index (χ4n) is 2.15. The molecule has 0 bridgehead atoms. The quantitative estimate of drug-likeness (QED) is 0.674. The molecule has 3 nitrogen and oxygen atoms in total. The highest BCUT2D eigenvalue weighted by molar-refractivity contribution is 5.76. The zero-order valence-corrected chi connectivity index (χ0v) is 9.04. The first-order chi connectivity index (χ1) is 6.81. The zero-order valence-electron chi connectivity index (χ0n) is 9.04. The van der Waals surface area contributed by atoms with E-state index in [9.17, 15) is 4.79 Å². The molecule has 80 valence electrons. The van der Waals surface area contributed by atoms with Gasteiger partial charge in [-0.2, -0.15) is 0 Å². The largest absolute Gasteiger partial charge is 0.340 e. The SMILES string of the molecule is CCCC(=O)N1CCN(C2CC2)CC1. The maximum absolute atomic E-state index is 11.6. The Morgan fingerprint density at radius 3 is 2.36 bits per heavy atom. The number of piperazine rings is 1. The van der Waals surface area contributed by atoms with Gasteiger partial charge in [-0.25, -0.2) is 0 Å². The van der Waals surface area contributed by atoms with Crippen molar-refractivity contribution < 1.29 is 4.79 Å². The number of rotatable bonds is 3. The second-order valence-corrected chi connectivity index (χ2v) is 4.40. The normalized spacial score (nSPS) is 23.9.